The Morgan fingerprint density at radius 3 is 2.78 bits per heavy atom. The first-order valence-corrected chi connectivity index (χ1v) is 6.48. The van der Waals surface area contributed by atoms with Crippen LogP contribution in [0.1, 0.15) is 25.1 Å². The van der Waals surface area contributed by atoms with Crippen molar-refractivity contribution >= 4 is 5.91 Å². The molecule has 0 aromatic heterocycles. The molecule has 3 rings (SSSR count). The molecule has 3 unspecified atom stereocenters. The van der Waals surface area contributed by atoms with Gasteiger partial charge >= 0.3 is 0 Å². The maximum atomic E-state index is 12.1. The quantitative estimate of drug-likeness (QED) is 0.855. The molecule has 4 heteroatoms. The molecule has 2 saturated heterocycles. The highest BCUT2D eigenvalue weighted by atomic mass is 16.5. The molecule has 0 aliphatic carbocycles. The van der Waals surface area contributed by atoms with Gasteiger partial charge in [0.05, 0.1) is 18.7 Å². The fourth-order valence-corrected chi connectivity index (χ4v) is 2.89. The number of carbonyl (C=O) groups excluding carboxylic acids is 1. The normalized spacial score (nSPS) is 32.2. The third-order valence-electron chi connectivity index (χ3n) is 3.82. The Morgan fingerprint density at radius 2 is 2.11 bits per heavy atom. The van der Waals surface area contributed by atoms with Crippen molar-refractivity contribution in [1.82, 2.24) is 10.2 Å². The molecule has 3 atom stereocenters. The monoisotopic (exact) mass is 246 g/mol. The molecular weight excluding hydrogens is 228 g/mol. The summed E-state index contributed by atoms with van der Waals surface area (Å²) in [6, 6.07) is 10.3. The summed E-state index contributed by atoms with van der Waals surface area (Å²) in [4.78, 5) is 14.1. The fraction of sp³-hybridized carbons (Fsp3) is 0.500. The minimum Gasteiger partial charge on any atom is -0.376 e. The van der Waals surface area contributed by atoms with Crippen LogP contribution in [-0.4, -0.2) is 36.1 Å². The van der Waals surface area contributed by atoms with E-state index in [0.717, 1.165) is 18.6 Å². The third kappa shape index (κ3) is 1.91. The van der Waals surface area contributed by atoms with Crippen molar-refractivity contribution in [2.45, 2.75) is 31.7 Å². The predicted molar refractivity (Wildman–Crippen MR) is 67.9 cm³/mol. The Labute approximate surface area is 107 Å². The molecule has 1 amide bonds. The summed E-state index contributed by atoms with van der Waals surface area (Å²) in [6.45, 7) is 3.21. The van der Waals surface area contributed by atoms with E-state index < -0.39 is 0 Å². The zero-order valence-corrected chi connectivity index (χ0v) is 10.5. The van der Waals surface area contributed by atoms with Gasteiger partial charge in [-0.1, -0.05) is 30.3 Å². The van der Waals surface area contributed by atoms with Crippen molar-refractivity contribution in [2.24, 2.45) is 0 Å². The number of hydrogen-bond acceptors (Lipinski definition) is 3. The topological polar surface area (TPSA) is 41.6 Å². The van der Waals surface area contributed by atoms with Crippen LogP contribution < -0.4 is 5.32 Å². The molecule has 0 spiro atoms. The molecule has 1 N–H and O–H groups in total. The van der Waals surface area contributed by atoms with Gasteiger partial charge in [0.2, 0.25) is 5.91 Å². The third-order valence-corrected chi connectivity index (χ3v) is 3.82. The molecule has 2 aliphatic rings. The van der Waals surface area contributed by atoms with Crippen molar-refractivity contribution in [2.75, 3.05) is 13.2 Å². The van der Waals surface area contributed by atoms with Gasteiger partial charge in [-0.25, -0.2) is 0 Å². The summed E-state index contributed by atoms with van der Waals surface area (Å²) < 4.78 is 5.59. The Hall–Kier alpha value is -1.39. The zero-order valence-electron chi connectivity index (χ0n) is 10.5. The summed E-state index contributed by atoms with van der Waals surface area (Å²) >= 11 is 0. The highest BCUT2D eigenvalue weighted by Crippen LogP contribution is 2.30. The van der Waals surface area contributed by atoms with Gasteiger partial charge in [-0.3, -0.25) is 10.1 Å². The summed E-state index contributed by atoms with van der Waals surface area (Å²) in [5.41, 5.74) is 1.14. The summed E-state index contributed by atoms with van der Waals surface area (Å²) in [5.74, 6) is 0.172. The molecule has 4 nitrogen and oxygen atoms in total. The number of carbonyl (C=O) groups is 1. The lowest BCUT2D eigenvalue weighted by Crippen LogP contribution is -2.43. The van der Waals surface area contributed by atoms with E-state index in [9.17, 15) is 4.79 Å². The van der Waals surface area contributed by atoms with Crippen LogP contribution in [0.4, 0.5) is 0 Å². The maximum absolute atomic E-state index is 12.1. The van der Waals surface area contributed by atoms with E-state index in [2.05, 4.69) is 17.4 Å². The number of rotatable bonds is 2. The smallest absolute Gasteiger partial charge is 0.238 e. The van der Waals surface area contributed by atoms with Crippen LogP contribution in [0.2, 0.25) is 0 Å². The highest BCUT2D eigenvalue weighted by molar-refractivity contribution is 5.81. The van der Waals surface area contributed by atoms with Crippen LogP contribution in [0.25, 0.3) is 0 Å². The second-order valence-electron chi connectivity index (χ2n) is 4.93. The summed E-state index contributed by atoms with van der Waals surface area (Å²) in [7, 11) is 0. The van der Waals surface area contributed by atoms with Gasteiger partial charge in [-0.2, -0.15) is 0 Å². The number of hydrogen-bond donors (Lipinski definition) is 1. The van der Waals surface area contributed by atoms with Crippen LogP contribution in [0.5, 0.6) is 0 Å². The molecule has 2 aliphatic heterocycles. The van der Waals surface area contributed by atoms with E-state index in [4.69, 9.17) is 4.74 Å². The zero-order chi connectivity index (χ0) is 12.5. The Balaban J connectivity index is 1.88. The van der Waals surface area contributed by atoms with Crippen molar-refractivity contribution in [3.63, 3.8) is 0 Å². The largest absolute Gasteiger partial charge is 0.376 e. The first kappa shape index (κ1) is 11.7. The molecule has 96 valence electrons. The van der Waals surface area contributed by atoms with Crippen LogP contribution in [0.3, 0.4) is 0 Å². The lowest BCUT2D eigenvalue weighted by Gasteiger charge is -2.32. The minimum atomic E-state index is -0.00662. The van der Waals surface area contributed by atoms with Crippen LogP contribution in [0, 0.1) is 0 Å². The first-order chi connectivity index (χ1) is 8.77. The van der Waals surface area contributed by atoms with Crippen molar-refractivity contribution in [1.29, 1.82) is 0 Å². The van der Waals surface area contributed by atoms with Gasteiger partial charge in [-0.15, -0.1) is 0 Å². The molecule has 0 bridgehead atoms. The van der Waals surface area contributed by atoms with Gasteiger partial charge in [0.15, 0.2) is 0 Å². The Bertz CT molecular complexity index is 435. The number of amides is 1. The Morgan fingerprint density at radius 1 is 1.33 bits per heavy atom. The van der Waals surface area contributed by atoms with E-state index in [1.54, 1.807) is 0 Å². The molecular formula is C14H18N2O2. The van der Waals surface area contributed by atoms with Gasteiger partial charge in [0.25, 0.3) is 0 Å². The first-order valence-electron chi connectivity index (χ1n) is 6.48. The summed E-state index contributed by atoms with van der Waals surface area (Å²) in [6.07, 6.45) is 1.05. The predicted octanol–water partition coefficient (Wildman–Crippen LogP) is 1.29. The number of ether oxygens (including phenoxy) is 1. The molecule has 2 heterocycles. The number of nitrogens with one attached hydrogen (secondary N) is 1. The average molecular weight is 246 g/mol. The van der Waals surface area contributed by atoms with Gasteiger partial charge in [0.1, 0.15) is 6.17 Å². The molecule has 0 saturated carbocycles. The highest BCUT2D eigenvalue weighted by Gasteiger charge is 2.41. The van der Waals surface area contributed by atoms with Crippen molar-refractivity contribution in [3.05, 3.63) is 35.9 Å². The van der Waals surface area contributed by atoms with Crippen LogP contribution >= 0.6 is 0 Å². The van der Waals surface area contributed by atoms with Crippen LogP contribution in [-0.2, 0) is 9.53 Å². The van der Waals surface area contributed by atoms with Gasteiger partial charge < -0.3 is 9.64 Å². The molecule has 18 heavy (non-hydrogen) atoms. The average Bonchev–Trinajstić information content (AvgIpc) is 2.96. The molecule has 0 radical (unpaired) electrons. The van der Waals surface area contributed by atoms with Gasteiger partial charge in [0, 0.05) is 6.61 Å². The van der Waals surface area contributed by atoms with E-state index in [-0.39, 0.29) is 24.2 Å². The van der Waals surface area contributed by atoms with Crippen molar-refractivity contribution in [3.8, 4) is 0 Å². The molecule has 2 fully saturated rings. The molecule has 1 aromatic rings. The van der Waals surface area contributed by atoms with E-state index in [1.807, 2.05) is 30.0 Å². The second-order valence-corrected chi connectivity index (χ2v) is 4.93. The SMILES string of the molecule is CC1OCCC1N1C(=O)CNC1c1ccccc1. The lowest BCUT2D eigenvalue weighted by atomic mass is 10.1. The van der Waals surface area contributed by atoms with E-state index >= 15 is 0 Å². The van der Waals surface area contributed by atoms with Crippen molar-refractivity contribution < 1.29 is 9.53 Å². The summed E-state index contributed by atoms with van der Waals surface area (Å²) in [5, 5.41) is 3.29. The lowest BCUT2D eigenvalue weighted by molar-refractivity contribution is -0.131. The maximum Gasteiger partial charge on any atom is 0.238 e. The van der Waals surface area contributed by atoms with Crippen LogP contribution in [0.15, 0.2) is 30.3 Å². The van der Waals surface area contributed by atoms with E-state index in [1.165, 1.54) is 0 Å². The number of nitrogens with zero attached hydrogens (tertiary/aromatic N) is 1. The number of benzene rings is 1. The molecule has 1 aromatic carbocycles. The van der Waals surface area contributed by atoms with Gasteiger partial charge in [-0.05, 0) is 18.9 Å². The van der Waals surface area contributed by atoms with E-state index in [0.29, 0.717) is 6.54 Å². The minimum absolute atomic E-state index is 0.00662. The standard InChI is InChI=1S/C14H18N2O2/c1-10-12(7-8-18-10)16-13(17)9-15-14(16)11-5-3-2-4-6-11/h2-6,10,12,14-15H,7-9H2,1H3. The Kier molecular flexibility index (Phi) is 3.06. The fourth-order valence-electron chi connectivity index (χ4n) is 2.89. The second kappa shape index (κ2) is 4.71.